The van der Waals surface area contributed by atoms with Gasteiger partial charge in [0.2, 0.25) is 0 Å². The summed E-state index contributed by atoms with van der Waals surface area (Å²) in [5.41, 5.74) is 0. The maximum absolute atomic E-state index is 12.9. The molecule has 9 heteroatoms. The van der Waals surface area contributed by atoms with Gasteiger partial charge in [-0.05, 0) is 128 Å². The number of esters is 2. The zero-order valence-corrected chi connectivity index (χ0v) is 48.8. The van der Waals surface area contributed by atoms with Crippen LogP contribution in [0, 0.1) is 0 Å². The van der Waals surface area contributed by atoms with Crippen molar-refractivity contribution in [1.82, 2.24) is 0 Å². The largest absolute Gasteiger partial charge is 0.477 e. The molecule has 1 N–H and O–H groups in total. The number of rotatable bonds is 51. The van der Waals surface area contributed by atoms with Crippen LogP contribution in [0.5, 0.6) is 0 Å². The van der Waals surface area contributed by atoms with E-state index in [1.54, 1.807) is 0 Å². The highest BCUT2D eigenvalue weighted by Gasteiger charge is 2.25. The minimum Gasteiger partial charge on any atom is -0.477 e. The van der Waals surface area contributed by atoms with Crippen molar-refractivity contribution in [3.8, 4) is 0 Å². The Morgan fingerprint density at radius 2 is 0.701 bits per heavy atom. The van der Waals surface area contributed by atoms with Gasteiger partial charge in [-0.3, -0.25) is 9.59 Å². The first-order chi connectivity index (χ1) is 37.6. The van der Waals surface area contributed by atoms with E-state index in [9.17, 15) is 19.5 Å². The zero-order valence-electron chi connectivity index (χ0n) is 48.8. The quantitative estimate of drug-likeness (QED) is 0.0211. The molecule has 0 aromatic heterocycles. The monoisotopic (exact) mass is 1060 g/mol. The normalized spacial score (nSPS) is 14.0. The predicted molar refractivity (Wildman–Crippen MR) is 326 cm³/mol. The molecule has 0 radical (unpaired) electrons. The molecule has 0 fully saturated rings. The summed E-state index contributed by atoms with van der Waals surface area (Å²) in [6, 6.07) is 0. The van der Waals surface area contributed by atoms with E-state index >= 15 is 0 Å². The van der Waals surface area contributed by atoms with E-state index in [-0.39, 0.29) is 38.6 Å². The topological polar surface area (TPSA) is 108 Å². The molecule has 0 rings (SSSR count). The second-order valence-corrected chi connectivity index (χ2v) is 19.8. The van der Waals surface area contributed by atoms with Crippen LogP contribution in [0.1, 0.15) is 181 Å². The van der Waals surface area contributed by atoms with Crippen molar-refractivity contribution in [2.45, 2.75) is 193 Å². The molecule has 0 aliphatic rings. The number of nitrogens with zero attached hydrogens (tertiary/aromatic N) is 1. The van der Waals surface area contributed by atoms with Gasteiger partial charge in [-0.25, -0.2) is 4.79 Å². The number of hydrogen-bond acceptors (Lipinski definition) is 7. The van der Waals surface area contributed by atoms with Crippen molar-refractivity contribution >= 4 is 17.9 Å². The zero-order chi connectivity index (χ0) is 56.2. The molecule has 0 spiro atoms. The van der Waals surface area contributed by atoms with E-state index < -0.39 is 24.3 Å². The Morgan fingerprint density at radius 1 is 0.390 bits per heavy atom. The minimum atomic E-state index is -1.54. The fourth-order valence-electron chi connectivity index (χ4n) is 7.03. The van der Waals surface area contributed by atoms with Crippen LogP contribution in [0.2, 0.25) is 0 Å². The highest BCUT2D eigenvalue weighted by molar-refractivity contribution is 5.71. The standard InChI is InChI=1S/C68H105NO8/c1-6-8-10-12-14-16-18-20-22-24-26-28-30-32-33-35-37-39-41-43-45-47-49-51-53-55-57-59-66(71)77-64(63-76-68(67(72)73)74-61-60-69(3,4)5)62-75-65(70)58-56-54-52-50-48-46-44-42-40-38-36-34-31-29-27-25-23-21-19-17-15-13-11-9-7-2/h8-11,14-17,20-23,26-29,32-34,36-37,39-40,42-43,45,49,51,64,68H,6-7,12-13,18-19,24-25,30-31,35,38,41,44,46-48,50,52-63H2,1-5H3/p+1/b10-8-,11-9-,16-14-,17-15-,22-20-,23-21-,28-26-,29-27-,33-32-,36-34-,39-37-,42-40-,45-43-,51-49-. The lowest BCUT2D eigenvalue weighted by Gasteiger charge is -2.25. The molecule has 0 aliphatic carbocycles. The van der Waals surface area contributed by atoms with Crippen LogP contribution in [0.15, 0.2) is 170 Å². The van der Waals surface area contributed by atoms with E-state index in [0.29, 0.717) is 23.9 Å². The first-order valence-corrected chi connectivity index (χ1v) is 29.3. The first-order valence-electron chi connectivity index (χ1n) is 29.3. The molecule has 0 aromatic carbocycles. The molecule has 430 valence electrons. The van der Waals surface area contributed by atoms with E-state index in [1.807, 2.05) is 21.1 Å². The van der Waals surface area contributed by atoms with Crippen LogP contribution in [0.3, 0.4) is 0 Å². The number of carbonyl (C=O) groups is 3. The maximum atomic E-state index is 12.9. The van der Waals surface area contributed by atoms with Gasteiger partial charge in [0.1, 0.15) is 13.2 Å². The number of aliphatic carboxylic acids is 1. The van der Waals surface area contributed by atoms with Crippen molar-refractivity contribution in [3.05, 3.63) is 170 Å². The Kier molecular flexibility index (Phi) is 52.9. The molecule has 0 aliphatic heterocycles. The molecule has 0 heterocycles. The van der Waals surface area contributed by atoms with Crippen molar-refractivity contribution in [1.29, 1.82) is 0 Å². The third-order valence-corrected chi connectivity index (χ3v) is 11.5. The number of hydrogen-bond donors (Lipinski definition) is 1. The molecular weight excluding hydrogens is 959 g/mol. The molecule has 0 aromatic rings. The van der Waals surface area contributed by atoms with Gasteiger partial charge in [-0.1, -0.05) is 210 Å². The van der Waals surface area contributed by atoms with Gasteiger partial charge in [0, 0.05) is 12.8 Å². The van der Waals surface area contributed by atoms with Crippen LogP contribution in [0.25, 0.3) is 0 Å². The predicted octanol–water partition coefficient (Wildman–Crippen LogP) is 17.6. The highest BCUT2D eigenvalue weighted by atomic mass is 16.7. The minimum absolute atomic E-state index is 0.165. The summed E-state index contributed by atoms with van der Waals surface area (Å²) >= 11 is 0. The Bertz CT molecular complexity index is 1860. The number of carboxylic acid groups (broad SMARTS) is 1. The lowest BCUT2D eigenvalue weighted by molar-refractivity contribution is -0.870. The molecule has 0 amide bonds. The molecule has 0 saturated carbocycles. The van der Waals surface area contributed by atoms with Gasteiger partial charge in [-0.15, -0.1) is 0 Å². The lowest BCUT2D eigenvalue weighted by Crippen LogP contribution is -2.40. The second kappa shape index (κ2) is 56.8. The number of likely N-dealkylation sites (N-methyl/N-ethyl adjacent to an activating group) is 1. The Morgan fingerprint density at radius 3 is 1.06 bits per heavy atom. The lowest BCUT2D eigenvalue weighted by atomic mass is 10.1. The van der Waals surface area contributed by atoms with E-state index in [1.165, 1.54) is 0 Å². The van der Waals surface area contributed by atoms with Crippen molar-refractivity contribution in [2.75, 3.05) is 47.5 Å². The second-order valence-electron chi connectivity index (χ2n) is 19.8. The Labute approximate surface area is 469 Å². The van der Waals surface area contributed by atoms with Gasteiger partial charge < -0.3 is 28.5 Å². The number of carboxylic acids is 1. The average molecular weight is 1070 g/mol. The van der Waals surface area contributed by atoms with Crippen LogP contribution < -0.4 is 0 Å². The highest BCUT2D eigenvalue weighted by Crippen LogP contribution is 2.12. The van der Waals surface area contributed by atoms with Crippen LogP contribution in [-0.2, 0) is 33.3 Å². The van der Waals surface area contributed by atoms with Crippen molar-refractivity contribution in [3.63, 3.8) is 0 Å². The van der Waals surface area contributed by atoms with E-state index in [4.69, 9.17) is 18.9 Å². The van der Waals surface area contributed by atoms with Crippen LogP contribution in [-0.4, -0.2) is 87.4 Å². The summed E-state index contributed by atoms with van der Waals surface area (Å²) in [6.07, 6.45) is 82.9. The summed E-state index contributed by atoms with van der Waals surface area (Å²) < 4.78 is 22.8. The molecule has 2 atom stereocenters. The Hall–Kier alpha value is -5.35. The summed E-state index contributed by atoms with van der Waals surface area (Å²) in [4.78, 5) is 37.4. The third kappa shape index (κ3) is 58.2. The number of carbonyl (C=O) groups excluding carboxylic acids is 2. The van der Waals surface area contributed by atoms with Gasteiger partial charge in [0.15, 0.2) is 6.10 Å². The van der Waals surface area contributed by atoms with Crippen LogP contribution >= 0.6 is 0 Å². The number of ether oxygens (including phenoxy) is 4. The average Bonchev–Trinajstić information content (AvgIpc) is 3.40. The number of quaternary nitrogens is 1. The van der Waals surface area contributed by atoms with E-state index in [0.717, 1.165) is 141 Å². The smallest absolute Gasteiger partial charge is 0.361 e. The summed E-state index contributed by atoms with van der Waals surface area (Å²) in [5, 5.41) is 9.71. The van der Waals surface area contributed by atoms with Gasteiger partial charge >= 0.3 is 17.9 Å². The molecule has 9 nitrogen and oxygen atoms in total. The van der Waals surface area contributed by atoms with Crippen molar-refractivity contribution < 1.29 is 42.9 Å². The van der Waals surface area contributed by atoms with E-state index in [2.05, 4.69) is 184 Å². The number of allylic oxidation sites excluding steroid dienone is 28. The van der Waals surface area contributed by atoms with Crippen LogP contribution in [0.4, 0.5) is 0 Å². The molecule has 0 saturated heterocycles. The molecule has 2 unspecified atom stereocenters. The first kappa shape index (κ1) is 71.7. The fourth-order valence-corrected chi connectivity index (χ4v) is 7.03. The van der Waals surface area contributed by atoms with Gasteiger partial charge in [-0.2, -0.15) is 0 Å². The summed E-state index contributed by atoms with van der Waals surface area (Å²) in [6.45, 7) is 4.54. The SMILES string of the molecule is CC/C=C\C/C=C\C/C=C\C/C=C\C/C=C\C/C=C\C/C=C\C/C=C\CCCCC(=O)OC(COC(=O)CCCCCCCC/C=C\C/C=C\C/C=C\C/C=C\C/C=C\C/C=C\CC)COC(OCC[N+](C)(C)C)C(=O)O. The Balaban J connectivity index is 4.44. The van der Waals surface area contributed by atoms with Gasteiger partial charge in [0.25, 0.3) is 6.29 Å². The summed E-state index contributed by atoms with van der Waals surface area (Å²) in [7, 11) is 5.93. The molecule has 77 heavy (non-hydrogen) atoms. The fraction of sp³-hybridized carbons (Fsp3) is 0.544. The molecular formula is C68H106NO8+. The number of unbranched alkanes of at least 4 members (excludes halogenated alkanes) is 8. The van der Waals surface area contributed by atoms with Crippen molar-refractivity contribution in [2.24, 2.45) is 0 Å². The molecule has 0 bridgehead atoms. The third-order valence-electron chi connectivity index (χ3n) is 11.5. The van der Waals surface area contributed by atoms with Gasteiger partial charge in [0.05, 0.1) is 34.4 Å². The summed E-state index contributed by atoms with van der Waals surface area (Å²) in [5.74, 6) is -2.11. The maximum Gasteiger partial charge on any atom is 0.361 e.